The van der Waals surface area contributed by atoms with Crippen molar-refractivity contribution >= 4 is 35.0 Å². The van der Waals surface area contributed by atoms with Crippen LogP contribution in [0.5, 0.6) is 0 Å². The summed E-state index contributed by atoms with van der Waals surface area (Å²) in [4.78, 5) is 40.6. The molecule has 0 radical (unpaired) electrons. The topological polar surface area (TPSA) is 75.7 Å². The minimum atomic E-state index is -1.04. The second kappa shape index (κ2) is 7.54. The molecule has 170 valence electrons. The van der Waals surface area contributed by atoms with E-state index in [0.717, 1.165) is 5.56 Å². The third kappa shape index (κ3) is 3.49. The number of anilines is 1. The lowest BCUT2D eigenvalue weighted by Gasteiger charge is -2.29. The summed E-state index contributed by atoms with van der Waals surface area (Å²) in [6.45, 7) is 6.45. The number of fused-ring (bicyclic) bond motifs is 5. The van der Waals surface area contributed by atoms with Gasteiger partial charge in [0.2, 0.25) is 11.8 Å². The van der Waals surface area contributed by atoms with Gasteiger partial charge in [0.25, 0.3) is 5.91 Å². The van der Waals surface area contributed by atoms with Gasteiger partial charge in [0.1, 0.15) is 5.60 Å². The van der Waals surface area contributed by atoms with E-state index in [1.165, 1.54) is 4.90 Å². The van der Waals surface area contributed by atoms with Crippen molar-refractivity contribution in [2.24, 2.45) is 11.8 Å². The molecule has 2 aromatic carbocycles. The van der Waals surface area contributed by atoms with E-state index in [1.807, 2.05) is 24.3 Å². The maximum absolute atomic E-state index is 13.4. The minimum Gasteiger partial charge on any atom is -0.360 e. The highest BCUT2D eigenvalue weighted by Gasteiger charge is 2.67. The Morgan fingerprint density at radius 1 is 1.06 bits per heavy atom. The van der Waals surface area contributed by atoms with Crippen molar-refractivity contribution in [3.05, 3.63) is 76.8 Å². The molecule has 2 aromatic rings. The highest BCUT2D eigenvalue weighted by atomic mass is 35.5. The molecular weight excluding hydrogens is 440 g/mol. The van der Waals surface area contributed by atoms with Crippen LogP contribution in [0.15, 0.2) is 60.7 Å². The fourth-order valence-electron chi connectivity index (χ4n) is 4.99. The molecule has 3 aliphatic heterocycles. The number of hydrogen-bond acceptors (Lipinski definition) is 4. The fraction of sp³-hybridized carbons (Fsp3) is 0.346. The van der Waals surface area contributed by atoms with Crippen LogP contribution in [0, 0.1) is 11.8 Å². The molecule has 0 spiro atoms. The van der Waals surface area contributed by atoms with Gasteiger partial charge >= 0.3 is 0 Å². The molecule has 2 fully saturated rings. The molecule has 3 aliphatic rings. The number of benzene rings is 2. The van der Waals surface area contributed by atoms with Gasteiger partial charge in [0, 0.05) is 10.6 Å². The van der Waals surface area contributed by atoms with Gasteiger partial charge in [-0.05, 0) is 47.4 Å². The maximum Gasteiger partial charge on any atom is 0.251 e. The minimum absolute atomic E-state index is 0.00431. The van der Waals surface area contributed by atoms with Gasteiger partial charge in [-0.3, -0.25) is 14.4 Å². The molecule has 33 heavy (non-hydrogen) atoms. The van der Waals surface area contributed by atoms with Crippen LogP contribution in [0.2, 0.25) is 5.02 Å². The molecular formula is C26H25ClN2O4. The third-order valence-electron chi connectivity index (χ3n) is 6.78. The average Bonchev–Trinajstić information content (AvgIpc) is 3.43. The van der Waals surface area contributed by atoms with Gasteiger partial charge in [-0.2, -0.15) is 0 Å². The molecule has 4 atom stereocenters. The van der Waals surface area contributed by atoms with Crippen molar-refractivity contribution in [3.8, 4) is 0 Å². The number of rotatable bonds is 4. The van der Waals surface area contributed by atoms with E-state index < -0.39 is 23.5 Å². The van der Waals surface area contributed by atoms with Crippen LogP contribution in [0.25, 0.3) is 0 Å². The number of halogens is 1. The van der Waals surface area contributed by atoms with Crippen LogP contribution < -0.4 is 10.2 Å². The molecule has 3 heterocycles. The average molecular weight is 465 g/mol. The zero-order chi connectivity index (χ0) is 23.5. The number of imide groups is 1. The van der Waals surface area contributed by atoms with E-state index in [0.29, 0.717) is 16.3 Å². The van der Waals surface area contributed by atoms with Crippen molar-refractivity contribution in [1.82, 2.24) is 5.32 Å². The Labute approximate surface area is 197 Å². The van der Waals surface area contributed by atoms with Gasteiger partial charge < -0.3 is 10.1 Å². The van der Waals surface area contributed by atoms with Crippen molar-refractivity contribution in [2.45, 2.75) is 37.9 Å². The van der Waals surface area contributed by atoms with Gasteiger partial charge in [-0.15, -0.1) is 0 Å². The molecule has 2 saturated heterocycles. The number of nitrogens with one attached hydrogen (secondary N) is 1. The number of hydrogen-bond donors (Lipinski definition) is 1. The first-order chi connectivity index (χ1) is 15.6. The van der Waals surface area contributed by atoms with Crippen LogP contribution in [0.4, 0.5) is 5.69 Å². The Hall–Kier alpha value is -2.96. The Morgan fingerprint density at radius 3 is 2.36 bits per heavy atom. The number of ether oxygens (including phenoxy) is 1. The SMILES string of the molecule is CC(C)(C)c1ccc(C(=O)NC[C@@]23C=C[C@H](O2)[C@H]2C(=O)N(c4ccc(Cl)cc4)C(=O)[C@@H]23)cc1. The summed E-state index contributed by atoms with van der Waals surface area (Å²) in [6, 6.07) is 14.1. The van der Waals surface area contributed by atoms with Crippen molar-refractivity contribution in [3.63, 3.8) is 0 Å². The van der Waals surface area contributed by atoms with Gasteiger partial charge in [0.05, 0.1) is 30.2 Å². The highest BCUT2D eigenvalue weighted by Crippen LogP contribution is 2.52. The first-order valence-corrected chi connectivity index (χ1v) is 11.4. The fourth-order valence-corrected chi connectivity index (χ4v) is 5.12. The molecule has 2 bridgehead atoms. The summed E-state index contributed by atoms with van der Waals surface area (Å²) in [5.74, 6) is -2.13. The predicted molar refractivity (Wildman–Crippen MR) is 125 cm³/mol. The summed E-state index contributed by atoms with van der Waals surface area (Å²) in [5.41, 5.74) is 1.11. The van der Waals surface area contributed by atoms with E-state index in [9.17, 15) is 14.4 Å². The van der Waals surface area contributed by atoms with Crippen LogP contribution in [-0.4, -0.2) is 36.0 Å². The quantitative estimate of drug-likeness (QED) is 0.550. The maximum atomic E-state index is 13.4. The van der Waals surface area contributed by atoms with Crippen molar-refractivity contribution in [2.75, 3.05) is 11.4 Å². The van der Waals surface area contributed by atoms with E-state index >= 15 is 0 Å². The molecule has 0 unspecified atom stereocenters. The second-order valence-corrected chi connectivity index (χ2v) is 10.3. The molecule has 0 saturated carbocycles. The van der Waals surface area contributed by atoms with Crippen LogP contribution in [0.3, 0.4) is 0 Å². The van der Waals surface area contributed by atoms with Gasteiger partial charge in [0.15, 0.2) is 0 Å². The number of carbonyl (C=O) groups excluding carboxylic acids is 3. The smallest absolute Gasteiger partial charge is 0.251 e. The Bertz CT molecular complexity index is 1170. The Kier molecular flexibility index (Phi) is 4.99. The first kappa shape index (κ1) is 21.9. The predicted octanol–water partition coefficient (Wildman–Crippen LogP) is 3.88. The highest BCUT2D eigenvalue weighted by molar-refractivity contribution is 6.31. The second-order valence-electron chi connectivity index (χ2n) is 9.90. The third-order valence-corrected chi connectivity index (χ3v) is 7.03. The number of carbonyl (C=O) groups is 3. The largest absolute Gasteiger partial charge is 0.360 e. The van der Waals surface area contributed by atoms with Crippen LogP contribution in [-0.2, 0) is 19.7 Å². The molecule has 5 rings (SSSR count). The molecule has 6 nitrogen and oxygen atoms in total. The molecule has 7 heteroatoms. The molecule has 3 amide bonds. The number of amides is 3. The Balaban J connectivity index is 1.35. The number of nitrogens with zero attached hydrogens (tertiary/aromatic N) is 1. The van der Waals surface area contributed by atoms with Crippen LogP contribution in [0.1, 0.15) is 36.7 Å². The molecule has 1 N–H and O–H groups in total. The summed E-state index contributed by atoms with van der Waals surface area (Å²) in [5, 5.41) is 3.44. The normalized spacial score (nSPS) is 27.9. The zero-order valence-electron chi connectivity index (χ0n) is 18.7. The van der Waals surface area contributed by atoms with Crippen LogP contribution >= 0.6 is 11.6 Å². The summed E-state index contributed by atoms with van der Waals surface area (Å²) >= 11 is 5.96. The van der Waals surface area contributed by atoms with E-state index in [1.54, 1.807) is 36.4 Å². The molecule has 0 aromatic heterocycles. The molecule has 0 aliphatic carbocycles. The Morgan fingerprint density at radius 2 is 1.73 bits per heavy atom. The summed E-state index contributed by atoms with van der Waals surface area (Å²) in [6.07, 6.45) is 3.16. The van der Waals surface area contributed by atoms with E-state index in [-0.39, 0.29) is 29.7 Å². The van der Waals surface area contributed by atoms with Gasteiger partial charge in [-0.1, -0.05) is 56.7 Å². The van der Waals surface area contributed by atoms with Gasteiger partial charge in [-0.25, -0.2) is 4.90 Å². The monoisotopic (exact) mass is 464 g/mol. The lowest BCUT2D eigenvalue weighted by Crippen LogP contribution is -2.48. The van der Waals surface area contributed by atoms with E-state index in [4.69, 9.17) is 16.3 Å². The first-order valence-electron chi connectivity index (χ1n) is 11.0. The standard InChI is InChI=1S/C26H25ClN2O4/c1-25(2,3)16-6-4-15(5-7-16)22(30)28-14-26-13-12-19(33-26)20-21(26)24(32)29(23(20)31)18-10-8-17(27)9-11-18/h4-13,19-21H,14H2,1-3H3,(H,28,30)/t19-,20+,21+,26+/m0/s1. The van der Waals surface area contributed by atoms with Crippen molar-refractivity contribution < 1.29 is 19.1 Å². The lowest BCUT2D eigenvalue weighted by molar-refractivity contribution is -0.126. The lowest BCUT2D eigenvalue weighted by atomic mass is 9.77. The van der Waals surface area contributed by atoms with E-state index in [2.05, 4.69) is 26.1 Å². The zero-order valence-corrected chi connectivity index (χ0v) is 19.4. The summed E-state index contributed by atoms with van der Waals surface area (Å²) < 4.78 is 6.11. The summed E-state index contributed by atoms with van der Waals surface area (Å²) in [7, 11) is 0. The van der Waals surface area contributed by atoms with Crippen molar-refractivity contribution in [1.29, 1.82) is 0 Å².